The van der Waals surface area contributed by atoms with E-state index >= 15 is 0 Å². The monoisotopic (exact) mass is 363 g/mol. The highest BCUT2D eigenvalue weighted by atomic mass is 35.5. The van der Waals surface area contributed by atoms with E-state index in [2.05, 4.69) is 15.3 Å². The van der Waals surface area contributed by atoms with E-state index in [-0.39, 0.29) is 0 Å². The predicted molar refractivity (Wildman–Crippen MR) is 103 cm³/mol. The SMILES string of the molecule is Fc1cc(Cl)ccc1C1N=C(c2ccccc2)NC(c2ccccc2)=N1. The molecule has 128 valence electrons. The first-order valence-corrected chi connectivity index (χ1v) is 8.57. The molecule has 1 heterocycles. The number of nitrogens with zero attached hydrogens (tertiary/aromatic N) is 2. The Hall–Kier alpha value is -2.98. The molecule has 3 aromatic rings. The third-order valence-electron chi connectivity index (χ3n) is 4.07. The zero-order valence-electron chi connectivity index (χ0n) is 13.7. The third-order valence-corrected chi connectivity index (χ3v) is 4.31. The second-order valence-electron chi connectivity index (χ2n) is 5.85. The van der Waals surface area contributed by atoms with Crippen LogP contribution in [0.3, 0.4) is 0 Å². The molecule has 0 aromatic heterocycles. The molecule has 0 spiro atoms. The van der Waals surface area contributed by atoms with Crippen molar-refractivity contribution < 1.29 is 4.39 Å². The average Bonchev–Trinajstić information content (AvgIpc) is 2.69. The van der Waals surface area contributed by atoms with E-state index < -0.39 is 12.0 Å². The van der Waals surface area contributed by atoms with Crippen LogP contribution in [0.1, 0.15) is 22.9 Å². The van der Waals surface area contributed by atoms with E-state index in [0.717, 1.165) is 11.1 Å². The minimum absolute atomic E-state index is 0.347. The van der Waals surface area contributed by atoms with Gasteiger partial charge in [0, 0.05) is 21.7 Å². The smallest absolute Gasteiger partial charge is 0.172 e. The molecule has 0 atom stereocenters. The lowest BCUT2D eigenvalue weighted by Crippen LogP contribution is -2.36. The van der Waals surface area contributed by atoms with E-state index in [1.165, 1.54) is 6.07 Å². The van der Waals surface area contributed by atoms with Gasteiger partial charge in [-0.3, -0.25) is 0 Å². The van der Waals surface area contributed by atoms with Crippen LogP contribution in [-0.2, 0) is 0 Å². The van der Waals surface area contributed by atoms with Gasteiger partial charge in [0.2, 0.25) is 0 Å². The molecule has 3 nitrogen and oxygen atoms in total. The zero-order chi connectivity index (χ0) is 17.9. The third kappa shape index (κ3) is 3.37. The number of hydrogen-bond acceptors (Lipinski definition) is 3. The summed E-state index contributed by atoms with van der Waals surface area (Å²) in [5, 5.41) is 3.62. The molecule has 0 aliphatic carbocycles. The normalized spacial score (nSPS) is 14.4. The summed E-state index contributed by atoms with van der Waals surface area (Å²) in [6.45, 7) is 0. The van der Waals surface area contributed by atoms with E-state index in [1.54, 1.807) is 12.1 Å². The Morgan fingerprint density at radius 2 is 1.31 bits per heavy atom. The molecule has 0 radical (unpaired) electrons. The van der Waals surface area contributed by atoms with Crippen molar-refractivity contribution in [2.24, 2.45) is 9.98 Å². The maximum Gasteiger partial charge on any atom is 0.172 e. The molecule has 0 fully saturated rings. The van der Waals surface area contributed by atoms with Gasteiger partial charge in [0.25, 0.3) is 0 Å². The van der Waals surface area contributed by atoms with Gasteiger partial charge in [-0.15, -0.1) is 0 Å². The van der Waals surface area contributed by atoms with Gasteiger partial charge in [-0.05, 0) is 12.1 Å². The maximum atomic E-state index is 14.5. The Bertz CT molecular complexity index is 929. The minimum atomic E-state index is -0.682. The highest BCUT2D eigenvalue weighted by Crippen LogP contribution is 2.27. The molecule has 0 bridgehead atoms. The van der Waals surface area contributed by atoms with Gasteiger partial charge in [-0.2, -0.15) is 0 Å². The Kier molecular flexibility index (Phi) is 4.50. The van der Waals surface area contributed by atoms with E-state index in [0.29, 0.717) is 22.3 Å². The Morgan fingerprint density at radius 1 is 0.769 bits per heavy atom. The topological polar surface area (TPSA) is 36.8 Å². The summed E-state index contributed by atoms with van der Waals surface area (Å²) < 4.78 is 14.5. The number of benzene rings is 3. The molecule has 0 amide bonds. The molecule has 3 aromatic carbocycles. The molecule has 4 rings (SSSR count). The largest absolute Gasteiger partial charge is 0.324 e. The Balaban J connectivity index is 1.81. The summed E-state index contributed by atoms with van der Waals surface area (Å²) in [7, 11) is 0. The van der Waals surface area contributed by atoms with E-state index in [1.807, 2.05) is 60.7 Å². The molecule has 1 aliphatic heterocycles. The first kappa shape index (κ1) is 16.5. The van der Waals surface area contributed by atoms with Crippen LogP contribution in [0.5, 0.6) is 0 Å². The van der Waals surface area contributed by atoms with Crippen molar-refractivity contribution >= 4 is 23.3 Å². The van der Waals surface area contributed by atoms with Crippen LogP contribution in [-0.4, -0.2) is 11.7 Å². The van der Waals surface area contributed by atoms with Crippen molar-refractivity contribution in [2.45, 2.75) is 6.17 Å². The van der Waals surface area contributed by atoms with Crippen LogP contribution in [0.4, 0.5) is 4.39 Å². The van der Waals surface area contributed by atoms with Crippen LogP contribution in [0.15, 0.2) is 88.8 Å². The molecule has 0 saturated carbocycles. The molecular formula is C21H15ClFN3. The van der Waals surface area contributed by atoms with Gasteiger partial charge in [0.05, 0.1) is 0 Å². The highest BCUT2D eigenvalue weighted by Gasteiger charge is 2.22. The zero-order valence-corrected chi connectivity index (χ0v) is 14.5. The van der Waals surface area contributed by atoms with Gasteiger partial charge in [0.1, 0.15) is 17.5 Å². The summed E-state index contributed by atoms with van der Waals surface area (Å²) >= 11 is 5.88. The number of hydrogen-bond donors (Lipinski definition) is 1. The minimum Gasteiger partial charge on any atom is -0.324 e. The van der Waals surface area contributed by atoms with Crippen molar-refractivity contribution in [1.29, 1.82) is 0 Å². The van der Waals surface area contributed by atoms with Crippen LogP contribution in [0.2, 0.25) is 5.02 Å². The summed E-state index contributed by atoms with van der Waals surface area (Å²) in [6.07, 6.45) is -0.682. The maximum absolute atomic E-state index is 14.5. The first-order valence-electron chi connectivity index (χ1n) is 8.19. The van der Waals surface area contributed by atoms with Gasteiger partial charge in [-0.25, -0.2) is 14.4 Å². The number of rotatable bonds is 3. The van der Waals surface area contributed by atoms with Gasteiger partial charge >= 0.3 is 0 Å². The Morgan fingerprint density at radius 3 is 1.81 bits per heavy atom. The lowest BCUT2D eigenvalue weighted by Gasteiger charge is -2.22. The summed E-state index contributed by atoms with van der Waals surface area (Å²) in [5.41, 5.74) is 2.21. The number of nitrogens with one attached hydrogen (secondary N) is 1. The van der Waals surface area contributed by atoms with Crippen LogP contribution < -0.4 is 5.32 Å². The summed E-state index contributed by atoms with van der Waals surface area (Å²) in [5.74, 6) is 0.884. The van der Waals surface area contributed by atoms with Gasteiger partial charge < -0.3 is 5.32 Å². The standard InChI is InChI=1S/C21H15ClFN3/c22-16-11-12-17(18(23)13-16)21-25-19(14-7-3-1-4-8-14)24-20(26-21)15-9-5-2-6-10-15/h1-13,21H,(H,24,25,26). The molecule has 0 unspecified atom stereocenters. The van der Waals surface area contributed by atoms with Crippen LogP contribution in [0, 0.1) is 5.82 Å². The number of aliphatic imine (C=N–C) groups is 2. The van der Waals surface area contributed by atoms with Crippen molar-refractivity contribution in [3.8, 4) is 0 Å². The van der Waals surface area contributed by atoms with Crippen LogP contribution in [0.25, 0.3) is 0 Å². The second kappa shape index (κ2) is 7.10. The van der Waals surface area contributed by atoms with Gasteiger partial charge in [0.15, 0.2) is 6.17 Å². The lowest BCUT2D eigenvalue weighted by atomic mass is 10.1. The fourth-order valence-electron chi connectivity index (χ4n) is 2.79. The Labute approximate surface area is 155 Å². The number of halogens is 2. The average molecular weight is 364 g/mol. The van der Waals surface area contributed by atoms with Crippen molar-refractivity contribution in [3.63, 3.8) is 0 Å². The molecule has 26 heavy (non-hydrogen) atoms. The van der Waals surface area contributed by atoms with Crippen molar-refractivity contribution in [3.05, 3.63) is 106 Å². The highest BCUT2D eigenvalue weighted by molar-refractivity contribution is 6.30. The fraction of sp³-hybridized carbons (Fsp3) is 0.0476. The molecular weight excluding hydrogens is 349 g/mol. The fourth-order valence-corrected chi connectivity index (χ4v) is 2.94. The first-order chi connectivity index (χ1) is 12.7. The predicted octanol–water partition coefficient (Wildman–Crippen LogP) is 4.97. The van der Waals surface area contributed by atoms with Crippen molar-refractivity contribution in [2.75, 3.05) is 0 Å². The second-order valence-corrected chi connectivity index (χ2v) is 6.29. The summed E-state index contributed by atoms with van der Waals surface area (Å²) in [6, 6.07) is 24.0. The lowest BCUT2D eigenvalue weighted by molar-refractivity contribution is 0.587. The molecule has 0 saturated heterocycles. The van der Waals surface area contributed by atoms with Crippen LogP contribution >= 0.6 is 11.6 Å². The summed E-state index contributed by atoms with van der Waals surface area (Å²) in [4.78, 5) is 9.25. The molecule has 1 N–H and O–H groups in total. The number of amidine groups is 2. The quantitative estimate of drug-likeness (QED) is 0.700. The van der Waals surface area contributed by atoms with Crippen molar-refractivity contribution in [1.82, 2.24) is 5.32 Å². The molecule has 1 aliphatic rings. The van der Waals surface area contributed by atoms with E-state index in [4.69, 9.17) is 11.6 Å². The van der Waals surface area contributed by atoms with E-state index in [9.17, 15) is 4.39 Å². The van der Waals surface area contributed by atoms with Gasteiger partial charge in [-0.1, -0.05) is 78.3 Å². The molecule has 5 heteroatoms.